The minimum atomic E-state index is -4.46. The third-order valence-corrected chi connectivity index (χ3v) is 6.51. The van der Waals surface area contributed by atoms with Gasteiger partial charge < -0.3 is 15.0 Å². The summed E-state index contributed by atoms with van der Waals surface area (Å²) in [5, 5.41) is 4.62. The summed E-state index contributed by atoms with van der Waals surface area (Å²) < 4.78 is 43.9. The lowest BCUT2D eigenvalue weighted by molar-refractivity contribution is -0.137. The van der Waals surface area contributed by atoms with Gasteiger partial charge in [-0.05, 0) is 47.3 Å². The van der Waals surface area contributed by atoms with Gasteiger partial charge in [-0.1, -0.05) is 24.3 Å². The van der Waals surface area contributed by atoms with E-state index in [1.807, 2.05) is 17.5 Å². The number of alkyl halides is 3. The predicted molar refractivity (Wildman–Crippen MR) is 119 cm³/mol. The first kappa shape index (κ1) is 23.0. The minimum Gasteiger partial charge on any atom is -0.383 e. The Morgan fingerprint density at radius 2 is 1.82 bits per heavy atom. The van der Waals surface area contributed by atoms with Crippen LogP contribution in [0.2, 0.25) is 0 Å². The van der Waals surface area contributed by atoms with Crippen LogP contribution >= 0.6 is 11.3 Å². The highest BCUT2D eigenvalue weighted by Gasteiger charge is 2.44. The fourth-order valence-electron chi connectivity index (χ4n) is 4.05. The Kier molecular flexibility index (Phi) is 6.53. The molecule has 1 N–H and O–H groups in total. The molecule has 2 unspecified atom stereocenters. The van der Waals surface area contributed by atoms with Gasteiger partial charge in [-0.3, -0.25) is 9.59 Å². The van der Waals surface area contributed by atoms with E-state index in [1.165, 1.54) is 30.6 Å². The van der Waals surface area contributed by atoms with Crippen LogP contribution in [0.25, 0.3) is 0 Å². The normalized spacial score (nSPS) is 18.2. The van der Waals surface area contributed by atoms with Gasteiger partial charge in [0.15, 0.2) is 0 Å². The molecule has 33 heavy (non-hydrogen) atoms. The zero-order chi connectivity index (χ0) is 23.6. The number of amides is 2. The number of fused-ring (bicyclic) bond motifs is 1. The number of rotatable bonds is 6. The molecule has 1 aliphatic heterocycles. The number of carbonyl (C=O) groups excluding carboxylic acids is 2. The van der Waals surface area contributed by atoms with Crippen molar-refractivity contribution in [3.05, 3.63) is 87.6 Å². The first-order valence-electron chi connectivity index (χ1n) is 10.2. The number of hydrogen-bond acceptors (Lipinski definition) is 4. The molecule has 1 aliphatic rings. The van der Waals surface area contributed by atoms with Gasteiger partial charge in [0.25, 0.3) is 5.91 Å². The molecule has 2 amide bonds. The van der Waals surface area contributed by atoms with Crippen LogP contribution in [0, 0.1) is 0 Å². The van der Waals surface area contributed by atoms with Crippen molar-refractivity contribution >= 4 is 28.8 Å². The van der Waals surface area contributed by atoms with Crippen molar-refractivity contribution in [2.75, 3.05) is 25.6 Å². The SMILES string of the molecule is COCCN1C(=O)c2ccccc2C(C(=O)Nc2ccc(C(F)(F)F)cc2)C1c1cccs1. The zero-order valence-corrected chi connectivity index (χ0v) is 18.5. The molecule has 2 aromatic carbocycles. The number of methoxy groups -OCH3 is 1. The molecule has 9 heteroatoms. The first-order valence-corrected chi connectivity index (χ1v) is 11.1. The number of ether oxygens (including phenoxy) is 1. The van der Waals surface area contributed by atoms with Crippen LogP contribution in [0.3, 0.4) is 0 Å². The summed E-state index contributed by atoms with van der Waals surface area (Å²) in [5.74, 6) is -1.35. The molecular formula is C24H21F3N2O3S. The third-order valence-electron chi connectivity index (χ3n) is 5.57. The highest BCUT2D eigenvalue weighted by molar-refractivity contribution is 7.10. The summed E-state index contributed by atoms with van der Waals surface area (Å²) in [4.78, 5) is 29.3. The van der Waals surface area contributed by atoms with E-state index in [-0.39, 0.29) is 18.1 Å². The van der Waals surface area contributed by atoms with Crippen molar-refractivity contribution in [2.24, 2.45) is 0 Å². The van der Waals surface area contributed by atoms with Gasteiger partial charge >= 0.3 is 6.18 Å². The van der Waals surface area contributed by atoms with E-state index >= 15 is 0 Å². The van der Waals surface area contributed by atoms with Gasteiger partial charge in [0.1, 0.15) is 0 Å². The second kappa shape index (κ2) is 9.36. The molecule has 0 saturated heterocycles. The van der Waals surface area contributed by atoms with Crippen LogP contribution < -0.4 is 5.32 Å². The number of carbonyl (C=O) groups is 2. The van der Waals surface area contributed by atoms with Crippen molar-refractivity contribution in [1.29, 1.82) is 0 Å². The second-order valence-electron chi connectivity index (χ2n) is 7.58. The molecule has 0 aliphatic carbocycles. The number of thiophene rings is 1. The Labute approximate surface area is 192 Å². The highest BCUT2D eigenvalue weighted by Crippen LogP contribution is 2.44. The second-order valence-corrected chi connectivity index (χ2v) is 8.56. The van der Waals surface area contributed by atoms with Crippen LogP contribution in [0.4, 0.5) is 18.9 Å². The van der Waals surface area contributed by atoms with Gasteiger partial charge in [-0.25, -0.2) is 0 Å². The van der Waals surface area contributed by atoms with Gasteiger partial charge in [-0.2, -0.15) is 13.2 Å². The monoisotopic (exact) mass is 474 g/mol. The number of halogens is 3. The highest BCUT2D eigenvalue weighted by atomic mass is 32.1. The molecule has 172 valence electrons. The molecule has 0 spiro atoms. The quantitative estimate of drug-likeness (QED) is 0.525. The van der Waals surface area contributed by atoms with E-state index in [9.17, 15) is 22.8 Å². The Bertz CT molecular complexity index is 1130. The maximum atomic E-state index is 13.5. The summed E-state index contributed by atoms with van der Waals surface area (Å²) in [5.41, 5.74) is 0.458. The molecule has 2 atom stereocenters. The lowest BCUT2D eigenvalue weighted by atomic mass is 9.81. The van der Waals surface area contributed by atoms with Crippen LogP contribution in [-0.4, -0.2) is 37.0 Å². The fraction of sp³-hybridized carbons (Fsp3) is 0.250. The van der Waals surface area contributed by atoms with Crippen molar-refractivity contribution in [2.45, 2.75) is 18.1 Å². The van der Waals surface area contributed by atoms with Gasteiger partial charge in [0, 0.05) is 29.8 Å². The van der Waals surface area contributed by atoms with Crippen molar-refractivity contribution < 1.29 is 27.5 Å². The third kappa shape index (κ3) is 4.65. The van der Waals surface area contributed by atoms with Crippen LogP contribution in [0.1, 0.15) is 38.3 Å². The van der Waals surface area contributed by atoms with Gasteiger partial charge in [0.05, 0.1) is 24.1 Å². The fourth-order valence-corrected chi connectivity index (χ4v) is 4.92. The largest absolute Gasteiger partial charge is 0.416 e. The summed E-state index contributed by atoms with van der Waals surface area (Å²) >= 11 is 1.44. The van der Waals surface area contributed by atoms with Gasteiger partial charge in [0.2, 0.25) is 5.91 Å². The first-order chi connectivity index (χ1) is 15.8. The van der Waals surface area contributed by atoms with Crippen molar-refractivity contribution in [3.8, 4) is 0 Å². The Hall–Kier alpha value is -3.17. The average Bonchev–Trinajstić information content (AvgIpc) is 3.32. The van der Waals surface area contributed by atoms with E-state index < -0.39 is 29.6 Å². The Morgan fingerprint density at radius 3 is 2.45 bits per heavy atom. The summed E-state index contributed by atoms with van der Waals surface area (Å²) in [6.45, 7) is 0.583. The number of benzene rings is 2. The maximum absolute atomic E-state index is 13.5. The molecule has 0 fully saturated rings. The van der Waals surface area contributed by atoms with E-state index in [2.05, 4.69) is 5.32 Å². The van der Waals surface area contributed by atoms with E-state index in [0.29, 0.717) is 17.7 Å². The Balaban J connectivity index is 1.73. The van der Waals surface area contributed by atoms with Crippen molar-refractivity contribution in [1.82, 2.24) is 4.90 Å². The van der Waals surface area contributed by atoms with Crippen LogP contribution in [0.5, 0.6) is 0 Å². The minimum absolute atomic E-state index is 0.195. The number of nitrogens with zero attached hydrogens (tertiary/aromatic N) is 1. The van der Waals surface area contributed by atoms with Crippen LogP contribution in [0.15, 0.2) is 66.0 Å². The average molecular weight is 475 g/mol. The molecule has 5 nitrogen and oxygen atoms in total. The smallest absolute Gasteiger partial charge is 0.383 e. The van der Waals surface area contributed by atoms with Crippen LogP contribution in [-0.2, 0) is 15.7 Å². The summed E-state index contributed by atoms with van der Waals surface area (Å²) in [6, 6.07) is 14.4. The lowest BCUT2D eigenvalue weighted by Gasteiger charge is -2.41. The van der Waals surface area contributed by atoms with E-state index in [0.717, 1.165) is 17.0 Å². The van der Waals surface area contributed by atoms with Gasteiger partial charge in [-0.15, -0.1) is 11.3 Å². The zero-order valence-electron chi connectivity index (χ0n) is 17.6. The number of anilines is 1. The van der Waals surface area contributed by atoms with E-state index in [4.69, 9.17) is 4.74 Å². The topological polar surface area (TPSA) is 58.6 Å². The molecule has 0 bridgehead atoms. The summed E-state index contributed by atoms with van der Waals surface area (Å²) in [6.07, 6.45) is -4.46. The molecule has 2 heterocycles. The van der Waals surface area contributed by atoms with E-state index in [1.54, 1.807) is 29.2 Å². The number of nitrogens with one attached hydrogen (secondary N) is 1. The maximum Gasteiger partial charge on any atom is 0.416 e. The standard InChI is InChI=1S/C24H21F3N2O3S/c1-32-13-12-29-21(19-7-4-14-33-19)20(17-5-2-3-6-18(17)23(29)31)22(30)28-16-10-8-15(9-11-16)24(25,26)27/h2-11,14,20-21H,12-13H2,1H3,(H,28,30). The lowest BCUT2D eigenvalue weighted by Crippen LogP contribution is -2.47. The molecule has 3 aromatic rings. The molecule has 0 saturated carbocycles. The predicted octanol–water partition coefficient (Wildman–Crippen LogP) is 5.33. The molecular weight excluding hydrogens is 453 g/mol. The molecule has 0 radical (unpaired) electrons. The molecule has 1 aromatic heterocycles. The Morgan fingerprint density at radius 1 is 1.09 bits per heavy atom. The molecule has 4 rings (SSSR count). The number of hydrogen-bond donors (Lipinski definition) is 1. The van der Waals surface area contributed by atoms with Crippen molar-refractivity contribution in [3.63, 3.8) is 0 Å². The summed E-state index contributed by atoms with van der Waals surface area (Å²) in [7, 11) is 1.54.